The molecule has 2 amide bonds. The molecule has 3 fully saturated rings. The third-order valence-electron chi connectivity index (χ3n) is 8.50. The number of esters is 1. The molecule has 3 aliphatic heterocycles. The Hall–Kier alpha value is -3.23. The fraction of sp³-hybridized carbons (Fsp3) is 0.516. The van der Waals surface area contributed by atoms with Gasteiger partial charge in [-0.05, 0) is 55.0 Å². The van der Waals surface area contributed by atoms with Gasteiger partial charge in [-0.3, -0.25) is 14.4 Å². The third kappa shape index (κ3) is 4.43. The quantitative estimate of drug-likeness (QED) is 0.369. The van der Waals surface area contributed by atoms with Crippen LogP contribution in [0.1, 0.15) is 40.0 Å². The number of aliphatic hydroxyl groups excluding tert-OH is 1. The van der Waals surface area contributed by atoms with Crippen molar-refractivity contribution in [3.05, 3.63) is 55.1 Å². The second kappa shape index (κ2) is 10.7. The van der Waals surface area contributed by atoms with Gasteiger partial charge in [0.15, 0.2) is 0 Å². The van der Waals surface area contributed by atoms with E-state index in [0.29, 0.717) is 24.9 Å². The monoisotopic (exact) mass is 534 g/mol. The number of hydrogen-bond acceptors (Lipinski definition) is 6. The first-order chi connectivity index (χ1) is 18.8. The Morgan fingerprint density at radius 2 is 2.00 bits per heavy atom. The first kappa shape index (κ1) is 27.3. The first-order valence-corrected chi connectivity index (χ1v) is 14.0. The molecule has 1 N–H and O–H groups in total. The van der Waals surface area contributed by atoms with Crippen molar-refractivity contribution in [2.24, 2.45) is 17.8 Å². The molecule has 208 valence electrons. The number of benzene rings is 2. The highest BCUT2D eigenvalue weighted by molar-refractivity contribution is 6.05. The van der Waals surface area contributed by atoms with Crippen molar-refractivity contribution in [3.63, 3.8) is 0 Å². The van der Waals surface area contributed by atoms with Gasteiger partial charge >= 0.3 is 5.97 Å². The predicted octanol–water partition coefficient (Wildman–Crippen LogP) is 3.70. The van der Waals surface area contributed by atoms with Crippen LogP contribution in [0.15, 0.2) is 55.1 Å². The van der Waals surface area contributed by atoms with Crippen LogP contribution in [0, 0.1) is 17.8 Å². The minimum Gasteiger partial charge on any atom is -0.466 e. The summed E-state index contributed by atoms with van der Waals surface area (Å²) in [5, 5.41) is 12.5. The molecule has 0 saturated carbocycles. The summed E-state index contributed by atoms with van der Waals surface area (Å²) in [6, 6.07) is 12.2. The van der Waals surface area contributed by atoms with Gasteiger partial charge in [0.1, 0.15) is 11.6 Å². The summed E-state index contributed by atoms with van der Waals surface area (Å²) >= 11 is 0. The normalized spacial score (nSPS) is 28.1. The van der Waals surface area contributed by atoms with Crippen LogP contribution < -0.4 is 4.90 Å². The number of likely N-dealkylation sites (tertiary alicyclic amines) is 1. The van der Waals surface area contributed by atoms with Gasteiger partial charge in [0.05, 0.1) is 37.2 Å². The van der Waals surface area contributed by atoms with E-state index in [0.717, 1.165) is 10.8 Å². The number of anilines is 1. The molecule has 0 radical (unpaired) electrons. The summed E-state index contributed by atoms with van der Waals surface area (Å²) in [4.78, 5) is 45.1. The Kier molecular flexibility index (Phi) is 7.53. The molecule has 1 spiro atoms. The molecule has 2 bridgehead atoms. The zero-order valence-electron chi connectivity index (χ0n) is 22.9. The SMILES string of the molecule is C=CCN(C(=O)C1N([C@@H](CO)CC(C)C)C(=O)[C@@H]2[C@H](C(=O)OCC)[C@@H]3CCC12O3)c1ccc2ccccc2c1. The van der Waals surface area contributed by atoms with Crippen molar-refractivity contribution in [3.8, 4) is 0 Å². The van der Waals surface area contributed by atoms with Gasteiger partial charge in [0.2, 0.25) is 5.91 Å². The maximum absolute atomic E-state index is 14.7. The zero-order chi connectivity index (χ0) is 27.9. The largest absolute Gasteiger partial charge is 0.466 e. The van der Waals surface area contributed by atoms with E-state index in [1.165, 1.54) is 4.90 Å². The van der Waals surface area contributed by atoms with Gasteiger partial charge in [-0.15, -0.1) is 6.58 Å². The van der Waals surface area contributed by atoms with Crippen molar-refractivity contribution in [1.82, 2.24) is 4.90 Å². The van der Waals surface area contributed by atoms with E-state index < -0.39 is 41.6 Å². The second-order valence-corrected chi connectivity index (χ2v) is 11.3. The lowest BCUT2D eigenvalue weighted by Crippen LogP contribution is -2.59. The minimum atomic E-state index is -1.16. The van der Waals surface area contributed by atoms with Gasteiger partial charge in [-0.2, -0.15) is 0 Å². The van der Waals surface area contributed by atoms with Crippen LogP contribution in [-0.4, -0.2) is 71.3 Å². The van der Waals surface area contributed by atoms with Crippen LogP contribution in [0.5, 0.6) is 0 Å². The summed E-state index contributed by atoms with van der Waals surface area (Å²) in [6.45, 7) is 9.79. The fourth-order valence-corrected chi connectivity index (χ4v) is 7.03. The van der Waals surface area contributed by atoms with Crippen molar-refractivity contribution in [2.45, 2.75) is 63.8 Å². The zero-order valence-corrected chi connectivity index (χ0v) is 22.9. The lowest BCUT2D eigenvalue weighted by atomic mass is 9.70. The van der Waals surface area contributed by atoms with Crippen LogP contribution >= 0.6 is 0 Å². The van der Waals surface area contributed by atoms with Crippen molar-refractivity contribution in [1.29, 1.82) is 0 Å². The highest BCUT2D eigenvalue weighted by Crippen LogP contribution is 2.59. The molecule has 8 nitrogen and oxygen atoms in total. The minimum absolute atomic E-state index is 0.173. The highest BCUT2D eigenvalue weighted by Gasteiger charge is 2.75. The first-order valence-electron chi connectivity index (χ1n) is 14.0. The summed E-state index contributed by atoms with van der Waals surface area (Å²) in [5.74, 6) is -2.49. The molecule has 3 saturated heterocycles. The number of ether oxygens (including phenoxy) is 2. The molecule has 2 aromatic carbocycles. The van der Waals surface area contributed by atoms with Crippen LogP contribution in [0.4, 0.5) is 5.69 Å². The number of carbonyl (C=O) groups is 3. The van der Waals surface area contributed by atoms with E-state index in [2.05, 4.69) is 6.58 Å². The van der Waals surface area contributed by atoms with Crippen molar-refractivity contribution in [2.75, 3.05) is 24.7 Å². The Bertz CT molecular complexity index is 1280. The van der Waals surface area contributed by atoms with E-state index in [1.54, 1.807) is 17.9 Å². The maximum atomic E-state index is 14.7. The summed E-state index contributed by atoms with van der Waals surface area (Å²) in [6.07, 6.45) is 2.75. The molecule has 8 heteroatoms. The predicted molar refractivity (Wildman–Crippen MR) is 148 cm³/mol. The van der Waals surface area contributed by atoms with E-state index >= 15 is 0 Å². The van der Waals surface area contributed by atoms with E-state index in [9.17, 15) is 19.5 Å². The number of fused-ring (bicyclic) bond motifs is 2. The Morgan fingerprint density at radius 1 is 1.26 bits per heavy atom. The van der Waals surface area contributed by atoms with Crippen LogP contribution in [0.2, 0.25) is 0 Å². The molecule has 0 aromatic heterocycles. The maximum Gasteiger partial charge on any atom is 0.312 e. The van der Waals surface area contributed by atoms with Gasteiger partial charge in [0.25, 0.3) is 5.91 Å². The average Bonchev–Trinajstić information content (AvgIpc) is 3.57. The number of carbonyl (C=O) groups excluding carboxylic acids is 3. The molecular formula is C31H38N2O6. The lowest BCUT2D eigenvalue weighted by molar-refractivity contribution is -0.155. The number of nitrogens with zero attached hydrogens (tertiary/aromatic N) is 2. The molecule has 39 heavy (non-hydrogen) atoms. The average molecular weight is 535 g/mol. The highest BCUT2D eigenvalue weighted by atomic mass is 16.6. The van der Waals surface area contributed by atoms with Gasteiger partial charge in [-0.1, -0.05) is 50.3 Å². The Balaban J connectivity index is 1.61. The van der Waals surface area contributed by atoms with E-state index in [4.69, 9.17) is 9.47 Å². The molecule has 2 unspecified atom stereocenters. The third-order valence-corrected chi connectivity index (χ3v) is 8.50. The smallest absolute Gasteiger partial charge is 0.312 e. The molecule has 2 aromatic rings. The van der Waals surface area contributed by atoms with Gasteiger partial charge in [-0.25, -0.2) is 0 Å². The molecule has 0 aliphatic carbocycles. The van der Waals surface area contributed by atoms with E-state index in [-0.39, 0.29) is 37.5 Å². The molecule has 5 rings (SSSR count). The van der Waals surface area contributed by atoms with Crippen molar-refractivity contribution < 1.29 is 29.0 Å². The van der Waals surface area contributed by atoms with Crippen LogP contribution in [-0.2, 0) is 23.9 Å². The fourth-order valence-electron chi connectivity index (χ4n) is 7.03. The number of hydrogen-bond donors (Lipinski definition) is 1. The van der Waals surface area contributed by atoms with Crippen LogP contribution in [0.25, 0.3) is 10.8 Å². The number of rotatable bonds is 10. The summed E-state index contributed by atoms with van der Waals surface area (Å²) in [5.41, 5.74) is -0.471. The van der Waals surface area contributed by atoms with E-state index in [1.807, 2.05) is 56.3 Å². The number of amides is 2. The lowest BCUT2D eigenvalue weighted by Gasteiger charge is -2.39. The van der Waals surface area contributed by atoms with Gasteiger partial charge in [0, 0.05) is 12.2 Å². The standard InChI is InChI=1S/C31H38N2O6/c1-5-15-32(22-12-11-20-9-7-8-10-21(20)17-22)29(36)27-31-14-13-24(39-31)25(30(37)38-6-2)26(31)28(35)33(27)23(18-34)16-19(3)4/h5,7-12,17,19,23-27,34H,1,6,13-16,18H2,2-4H3/t23-,24+,25-,26+,27?,31?/m1/s1. The molecular weight excluding hydrogens is 496 g/mol. The summed E-state index contributed by atoms with van der Waals surface area (Å²) in [7, 11) is 0. The molecule has 3 aliphatic rings. The summed E-state index contributed by atoms with van der Waals surface area (Å²) < 4.78 is 11.9. The Labute approximate surface area is 229 Å². The van der Waals surface area contributed by atoms with Gasteiger partial charge < -0.3 is 24.4 Å². The Morgan fingerprint density at radius 3 is 2.67 bits per heavy atom. The topological polar surface area (TPSA) is 96.4 Å². The van der Waals surface area contributed by atoms with Crippen molar-refractivity contribution >= 4 is 34.2 Å². The molecule has 3 heterocycles. The second-order valence-electron chi connectivity index (χ2n) is 11.3. The number of aliphatic hydroxyl groups is 1. The van der Waals surface area contributed by atoms with Crippen LogP contribution in [0.3, 0.4) is 0 Å². The molecule has 6 atom stereocenters.